The minimum Gasteiger partial charge on any atom is -0.393 e. The lowest BCUT2D eigenvalue weighted by molar-refractivity contribution is 0.0804. The van der Waals surface area contributed by atoms with Gasteiger partial charge in [-0.15, -0.1) is 0 Å². The lowest BCUT2D eigenvalue weighted by atomic mass is 10.0. The number of nitrogens with one attached hydrogen (secondary N) is 1. The summed E-state index contributed by atoms with van der Waals surface area (Å²) in [6.45, 7) is 3.77. The van der Waals surface area contributed by atoms with Crippen molar-refractivity contribution in [2.75, 3.05) is 26.2 Å². The van der Waals surface area contributed by atoms with Crippen molar-refractivity contribution < 1.29 is 9.90 Å². The first kappa shape index (κ1) is 16.9. The van der Waals surface area contributed by atoms with E-state index in [2.05, 4.69) is 16.3 Å². The van der Waals surface area contributed by atoms with Crippen LogP contribution in [-0.4, -0.2) is 48.2 Å². The predicted octanol–water partition coefficient (Wildman–Crippen LogP) is 1.48. The molecular formula is C19H25N3O2. The zero-order valence-corrected chi connectivity index (χ0v) is 13.9. The van der Waals surface area contributed by atoms with Crippen molar-refractivity contribution in [1.29, 1.82) is 0 Å². The maximum absolute atomic E-state index is 12.3. The summed E-state index contributed by atoms with van der Waals surface area (Å²) in [5.41, 5.74) is 7.43. The van der Waals surface area contributed by atoms with Crippen LogP contribution in [0.15, 0.2) is 36.4 Å². The van der Waals surface area contributed by atoms with Gasteiger partial charge in [0.1, 0.15) is 0 Å². The van der Waals surface area contributed by atoms with E-state index in [1.807, 2.05) is 30.3 Å². The molecule has 1 heterocycles. The normalized spacial score (nSPS) is 16.4. The van der Waals surface area contributed by atoms with Gasteiger partial charge in [-0.2, -0.15) is 0 Å². The summed E-state index contributed by atoms with van der Waals surface area (Å²) in [6, 6.07) is 11.8. The second-order valence-electron chi connectivity index (χ2n) is 6.43. The molecule has 0 saturated carbocycles. The average molecular weight is 327 g/mol. The van der Waals surface area contributed by atoms with Crippen molar-refractivity contribution in [1.82, 2.24) is 10.2 Å². The third-order valence-corrected chi connectivity index (χ3v) is 4.67. The van der Waals surface area contributed by atoms with E-state index in [0.717, 1.165) is 48.8 Å². The van der Waals surface area contributed by atoms with Gasteiger partial charge >= 0.3 is 0 Å². The molecule has 3 rings (SSSR count). The van der Waals surface area contributed by atoms with Gasteiger partial charge in [0.2, 0.25) is 0 Å². The average Bonchev–Trinajstić information content (AvgIpc) is 2.62. The fourth-order valence-corrected chi connectivity index (χ4v) is 3.14. The van der Waals surface area contributed by atoms with Crippen molar-refractivity contribution in [3.63, 3.8) is 0 Å². The van der Waals surface area contributed by atoms with Crippen LogP contribution in [0.25, 0.3) is 10.8 Å². The van der Waals surface area contributed by atoms with E-state index in [0.29, 0.717) is 18.7 Å². The number of rotatable bonds is 5. The summed E-state index contributed by atoms with van der Waals surface area (Å²) in [7, 11) is 0. The molecule has 0 radical (unpaired) electrons. The Morgan fingerprint density at radius 1 is 1.17 bits per heavy atom. The van der Waals surface area contributed by atoms with Gasteiger partial charge in [0.25, 0.3) is 5.91 Å². The summed E-state index contributed by atoms with van der Waals surface area (Å²) in [4.78, 5) is 14.6. The first-order valence-electron chi connectivity index (χ1n) is 8.57. The summed E-state index contributed by atoms with van der Waals surface area (Å²) in [6.07, 6.45) is 1.49. The molecule has 1 amide bonds. The molecule has 2 aromatic rings. The van der Waals surface area contributed by atoms with Gasteiger partial charge in [0.05, 0.1) is 6.10 Å². The molecule has 0 aliphatic carbocycles. The van der Waals surface area contributed by atoms with Crippen LogP contribution in [0.5, 0.6) is 0 Å². The van der Waals surface area contributed by atoms with Gasteiger partial charge in [-0.05, 0) is 47.4 Å². The van der Waals surface area contributed by atoms with Gasteiger partial charge in [-0.1, -0.05) is 18.2 Å². The molecule has 2 aromatic carbocycles. The van der Waals surface area contributed by atoms with Crippen LogP contribution < -0.4 is 11.1 Å². The maximum atomic E-state index is 12.3. The van der Waals surface area contributed by atoms with Crippen LogP contribution in [0.4, 0.5) is 0 Å². The number of likely N-dealkylation sites (tertiary alicyclic amines) is 1. The third-order valence-electron chi connectivity index (χ3n) is 4.67. The zero-order valence-electron chi connectivity index (χ0n) is 13.9. The first-order valence-corrected chi connectivity index (χ1v) is 8.57. The van der Waals surface area contributed by atoms with E-state index < -0.39 is 0 Å². The molecule has 1 saturated heterocycles. The highest BCUT2D eigenvalue weighted by Crippen LogP contribution is 2.18. The lowest BCUT2D eigenvalue weighted by Gasteiger charge is -2.29. The Bertz CT molecular complexity index is 709. The summed E-state index contributed by atoms with van der Waals surface area (Å²) < 4.78 is 0. The minimum atomic E-state index is -0.159. The second kappa shape index (κ2) is 7.75. The fourth-order valence-electron chi connectivity index (χ4n) is 3.14. The van der Waals surface area contributed by atoms with Gasteiger partial charge in [0, 0.05) is 38.3 Å². The van der Waals surface area contributed by atoms with Gasteiger partial charge in [0.15, 0.2) is 0 Å². The molecule has 5 nitrogen and oxygen atoms in total. The molecule has 128 valence electrons. The highest BCUT2D eigenvalue weighted by atomic mass is 16.3. The van der Waals surface area contributed by atoms with Gasteiger partial charge in [-0.3, -0.25) is 4.79 Å². The Labute approximate surface area is 142 Å². The molecule has 1 fully saturated rings. The largest absolute Gasteiger partial charge is 0.393 e. The van der Waals surface area contributed by atoms with Crippen LogP contribution in [0, 0.1) is 0 Å². The van der Waals surface area contributed by atoms with Crippen LogP contribution in [0.2, 0.25) is 0 Å². The molecule has 0 spiro atoms. The summed E-state index contributed by atoms with van der Waals surface area (Å²) >= 11 is 0. The van der Waals surface area contributed by atoms with Gasteiger partial charge in [-0.25, -0.2) is 0 Å². The van der Waals surface area contributed by atoms with E-state index in [1.165, 1.54) is 0 Å². The fraction of sp³-hybridized carbons (Fsp3) is 0.421. The van der Waals surface area contributed by atoms with E-state index in [-0.39, 0.29) is 12.0 Å². The van der Waals surface area contributed by atoms with E-state index >= 15 is 0 Å². The van der Waals surface area contributed by atoms with Gasteiger partial charge < -0.3 is 21.1 Å². The molecule has 1 aliphatic rings. The van der Waals surface area contributed by atoms with Crippen molar-refractivity contribution in [3.8, 4) is 0 Å². The number of aliphatic hydroxyl groups excluding tert-OH is 1. The number of aliphatic hydroxyl groups is 1. The van der Waals surface area contributed by atoms with Crippen LogP contribution >= 0.6 is 0 Å². The molecule has 0 unspecified atom stereocenters. The number of nitrogens with zero attached hydrogens (tertiary/aromatic N) is 1. The minimum absolute atomic E-state index is 0.0446. The molecular weight excluding hydrogens is 302 g/mol. The van der Waals surface area contributed by atoms with Crippen molar-refractivity contribution in [3.05, 3.63) is 47.5 Å². The van der Waals surface area contributed by atoms with Crippen molar-refractivity contribution >= 4 is 16.7 Å². The molecule has 5 heteroatoms. The molecule has 0 bridgehead atoms. The second-order valence-corrected chi connectivity index (χ2v) is 6.43. The van der Waals surface area contributed by atoms with E-state index in [1.54, 1.807) is 0 Å². The summed E-state index contributed by atoms with van der Waals surface area (Å²) in [5, 5.41) is 14.6. The molecule has 0 aromatic heterocycles. The Balaban J connectivity index is 1.55. The highest BCUT2D eigenvalue weighted by molar-refractivity contribution is 5.98. The van der Waals surface area contributed by atoms with Crippen LogP contribution in [0.3, 0.4) is 0 Å². The predicted molar refractivity (Wildman–Crippen MR) is 95.9 cm³/mol. The smallest absolute Gasteiger partial charge is 0.251 e. The Morgan fingerprint density at radius 2 is 1.88 bits per heavy atom. The SMILES string of the molecule is NCc1ccc2cc(C(=O)NCCN3CCC(O)CC3)ccc2c1. The molecule has 4 N–H and O–H groups in total. The first-order chi connectivity index (χ1) is 11.7. The number of carbonyl (C=O) groups excluding carboxylic acids is 1. The van der Waals surface area contributed by atoms with E-state index in [4.69, 9.17) is 5.73 Å². The van der Waals surface area contributed by atoms with Crippen LogP contribution in [-0.2, 0) is 6.54 Å². The van der Waals surface area contributed by atoms with Crippen molar-refractivity contribution in [2.45, 2.75) is 25.5 Å². The number of carbonyl (C=O) groups is 1. The van der Waals surface area contributed by atoms with Crippen molar-refractivity contribution in [2.24, 2.45) is 5.73 Å². The number of hydrogen-bond acceptors (Lipinski definition) is 4. The topological polar surface area (TPSA) is 78.6 Å². The maximum Gasteiger partial charge on any atom is 0.251 e. The molecule has 1 aliphatic heterocycles. The monoisotopic (exact) mass is 327 g/mol. The summed E-state index contributed by atoms with van der Waals surface area (Å²) in [5.74, 6) is -0.0446. The number of amides is 1. The number of benzene rings is 2. The lowest BCUT2D eigenvalue weighted by Crippen LogP contribution is -2.40. The molecule has 0 atom stereocenters. The standard InChI is InChI=1S/C19H25N3O2/c20-13-14-1-2-16-12-17(4-3-15(16)11-14)19(24)21-7-10-22-8-5-18(23)6-9-22/h1-4,11-12,18,23H,5-10,13,20H2,(H,21,24). The quantitative estimate of drug-likeness (QED) is 0.777. The van der Waals surface area contributed by atoms with Crippen LogP contribution in [0.1, 0.15) is 28.8 Å². The number of hydrogen-bond donors (Lipinski definition) is 3. The third kappa shape index (κ3) is 4.12. The Hall–Kier alpha value is -1.95. The molecule has 24 heavy (non-hydrogen) atoms. The number of piperidine rings is 1. The Morgan fingerprint density at radius 3 is 2.62 bits per heavy atom. The highest BCUT2D eigenvalue weighted by Gasteiger charge is 2.16. The Kier molecular flexibility index (Phi) is 5.45. The van der Waals surface area contributed by atoms with E-state index in [9.17, 15) is 9.90 Å². The zero-order chi connectivity index (χ0) is 16.9. The number of nitrogens with two attached hydrogens (primary N) is 1. The number of fused-ring (bicyclic) bond motifs is 1.